The predicted molar refractivity (Wildman–Crippen MR) is 67.0 cm³/mol. The van der Waals surface area contributed by atoms with Gasteiger partial charge in [-0.15, -0.1) is 0 Å². The number of methoxy groups -OCH3 is 1. The minimum Gasteiger partial charge on any atom is -0.493 e. The Bertz CT molecular complexity index is 647. The van der Waals surface area contributed by atoms with Crippen LogP contribution in [0.1, 0.15) is 0 Å². The van der Waals surface area contributed by atoms with Gasteiger partial charge in [0, 0.05) is 0 Å². The minimum absolute atomic E-state index is 0.710. The van der Waals surface area contributed by atoms with Crippen molar-refractivity contribution in [2.45, 2.75) is 0 Å². The molecule has 0 spiro atoms. The summed E-state index contributed by atoms with van der Waals surface area (Å²) in [5.41, 5.74) is 1.94. The molecule has 0 aliphatic rings. The number of hydrogen-bond acceptors (Lipinski definition) is 2. The summed E-state index contributed by atoms with van der Waals surface area (Å²) in [6, 6.07) is 14.4. The van der Waals surface area contributed by atoms with Crippen molar-refractivity contribution >= 4 is 10.8 Å². The van der Waals surface area contributed by atoms with Crippen LogP contribution in [0.25, 0.3) is 21.9 Å². The zero-order chi connectivity index (χ0) is 11.7. The molecule has 0 N–H and O–H groups in total. The fourth-order valence-electron chi connectivity index (χ4n) is 2.03. The van der Waals surface area contributed by atoms with Crippen LogP contribution in [0.4, 0.5) is 0 Å². The van der Waals surface area contributed by atoms with Crippen LogP contribution in [-0.2, 0) is 0 Å². The highest BCUT2D eigenvalue weighted by Gasteiger charge is 2.11. The summed E-state index contributed by atoms with van der Waals surface area (Å²) in [7, 11) is 1.63. The summed E-state index contributed by atoms with van der Waals surface area (Å²) in [5.74, 6) is 0.710. The predicted octanol–water partition coefficient (Wildman–Crippen LogP) is 3.91. The molecule has 0 atom stereocenters. The zero-order valence-electron chi connectivity index (χ0n) is 9.44. The van der Waals surface area contributed by atoms with Gasteiger partial charge in [0.15, 0.2) is 12.0 Å². The lowest BCUT2D eigenvalue weighted by Gasteiger charge is -2.05. The van der Waals surface area contributed by atoms with Gasteiger partial charge >= 0.3 is 0 Å². The lowest BCUT2D eigenvalue weighted by Crippen LogP contribution is -1.84. The molecule has 0 aliphatic heterocycles. The van der Waals surface area contributed by atoms with E-state index in [2.05, 4.69) is 24.5 Å². The average molecular weight is 223 g/mol. The molecule has 1 radical (unpaired) electrons. The third-order valence-corrected chi connectivity index (χ3v) is 2.85. The largest absolute Gasteiger partial charge is 0.493 e. The van der Waals surface area contributed by atoms with Crippen LogP contribution in [0, 0.1) is 6.26 Å². The summed E-state index contributed by atoms with van der Waals surface area (Å²) >= 11 is 0. The Balaban J connectivity index is 2.31. The van der Waals surface area contributed by atoms with Gasteiger partial charge in [-0.25, -0.2) is 0 Å². The van der Waals surface area contributed by atoms with Gasteiger partial charge in [-0.3, -0.25) is 0 Å². The van der Waals surface area contributed by atoms with Crippen LogP contribution in [0.5, 0.6) is 5.75 Å². The van der Waals surface area contributed by atoms with Gasteiger partial charge in [0.2, 0.25) is 0 Å². The third kappa shape index (κ3) is 1.58. The molecular formula is C15H11O2. The van der Waals surface area contributed by atoms with E-state index < -0.39 is 0 Å². The maximum atomic E-state index is 5.26. The second kappa shape index (κ2) is 3.98. The lowest BCUT2D eigenvalue weighted by molar-refractivity contribution is 0.406. The van der Waals surface area contributed by atoms with E-state index in [1.54, 1.807) is 13.4 Å². The molecule has 0 aliphatic carbocycles. The minimum atomic E-state index is 0.710. The third-order valence-electron chi connectivity index (χ3n) is 2.85. The van der Waals surface area contributed by atoms with Crippen LogP contribution in [0.3, 0.4) is 0 Å². The first-order chi connectivity index (χ1) is 8.40. The molecule has 17 heavy (non-hydrogen) atoms. The monoisotopic (exact) mass is 223 g/mol. The highest BCUT2D eigenvalue weighted by molar-refractivity contribution is 5.97. The Kier molecular flexibility index (Phi) is 2.33. The number of rotatable bonds is 2. The first-order valence-corrected chi connectivity index (χ1v) is 5.41. The molecule has 0 saturated heterocycles. The van der Waals surface area contributed by atoms with Gasteiger partial charge < -0.3 is 9.15 Å². The van der Waals surface area contributed by atoms with Gasteiger partial charge in [0.05, 0.1) is 12.7 Å². The number of ether oxygens (including phenoxy) is 1. The topological polar surface area (TPSA) is 22.4 Å². The van der Waals surface area contributed by atoms with E-state index in [1.807, 2.05) is 24.3 Å². The summed E-state index contributed by atoms with van der Waals surface area (Å²) in [6.45, 7) is 0. The molecule has 2 aromatic carbocycles. The molecule has 0 unspecified atom stereocenters. The average Bonchev–Trinajstić information content (AvgIpc) is 2.86. The van der Waals surface area contributed by atoms with E-state index in [4.69, 9.17) is 9.15 Å². The molecule has 3 aromatic rings. The number of furan rings is 1. The van der Waals surface area contributed by atoms with Gasteiger partial charge in [-0.2, -0.15) is 0 Å². The summed E-state index contributed by atoms with van der Waals surface area (Å²) < 4.78 is 10.4. The fourth-order valence-corrected chi connectivity index (χ4v) is 2.03. The molecule has 2 nitrogen and oxygen atoms in total. The van der Waals surface area contributed by atoms with Crippen LogP contribution in [0.15, 0.2) is 53.1 Å². The SMILES string of the molecule is COc1co[c]c1-c1cccc2ccccc12. The second-order valence-corrected chi connectivity index (χ2v) is 3.81. The van der Waals surface area contributed by atoms with Crippen LogP contribution in [0.2, 0.25) is 0 Å². The van der Waals surface area contributed by atoms with E-state index in [1.165, 1.54) is 10.8 Å². The molecule has 1 heterocycles. The molecule has 1 aromatic heterocycles. The van der Waals surface area contributed by atoms with E-state index in [-0.39, 0.29) is 0 Å². The number of hydrogen-bond donors (Lipinski definition) is 0. The van der Waals surface area contributed by atoms with Crippen molar-refractivity contribution in [3.05, 3.63) is 55.0 Å². The normalized spacial score (nSPS) is 10.6. The van der Waals surface area contributed by atoms with Crippen molar-refractivity contribution in [2.24, 2.45) is 0 Å². The Morgan fingerprint density at radius 1 is 1.06 bits per heavy atom. The van der Waals surface area contributed by atoms with Crippen molar-refractivity contribution in [2.75, 3.05) is 7.11 Å². The first kappa shape index (κ1) is 9.97. The molecule has 0 fully saturated rings. The number of fused-ring (bicyclic) bond motifs is 1. The Labute approximate surface area is 99.4 Å². The second-order valence-electron chi connectivity index (χ2n) is 3.81. The summed E-state index contributed by atoms with van der Waals surface area (Å²) in [5, 5.41) is 2.37. The van der Waals surface area contributed by atoms with Gasteiger partial charge in [-0.1, -0.05) is 42.5 Å². The first-order valence-electron chi connectivity index (χ1n) is 5.41. The quantitative estimate of drug-likeness (QED) is 0.657. The van der Waals surface area contributed by atoms with E-state index >= 15 is 0 Å². The van der Waals surface area contributed by atoms with Gasteiger partial charge in [0.25, 0.3) is 0 Å². The molecule has 0 amide bonds. The highest BCUT2D eigenvalue weighted by Crippen LogP contribution is 2.35. The van der Waals surface area contributed by atoms with Crippen molar-refractivity contribution in [3.8, 4) is 16.9 Å². The smallest absolute Gasteiger partial charge is 0.181 e. The van der Waals surface area contributed by atoms with Crippen molar-refractivity contribution in [1.29, 1.82) is 0 Å². The van der Waals surface area contributed by atoms with Gasteiger partial charge in [0.1, 0.15) is 6.26 Å². The molecule has 83 valence electrons. The van der Waals surface area contributed by atoms with Crippen LogP contribution >= 0.6 is 0 Å². The molecule has 0 bridgehead atoms. The van der Waals surface area contributed by atoms with Gasteiger partial charge in [-0.05, 0) is 16.3 Å². The van der Waals surface area contributed by atoms with Crippen molar-refractivity contribution < 1.29 is 9.15 Å². The molecular weight excluding hydrogens is 212 g/mol. The maximum Gasteiger partial charge on any atom is 0.181 e. The molecule has 2 heteroatoms. The van der Waals surface area contributed by atoms with E-state index in [0.717, 1.165) is 11.1 Å². The summed E-state index contributed by atoms with van der Waals surface area (Å²) in [6.07, 6.45) is 4.43. The van der Waals surface area contributed by atoms with E-state index in [9.17, 15) is 0 Å². The standard InChI is InChI=1S/C15H11O2/c1-16-15-10-17-9-14(15)13-8-4-6-11-5-2-3-7-12(11)13/h2-8,10H,1H3. The Morgan fingerprint density at radius 3 is 2.76 bits per heavy atom. The van der Waals surface area contributed by atoms with Crippen molar-refractivity contribution in [3.63, 3.8) is 0 Å². The zero-order valence-corrected chi connectivity index (χ0v) is 9.44. The summed E-state index contributed by atoms with van der Waals surface area (Å²) in [4.78, 5) is 0. The van der Waals surface area contributed by atoms with Crippen LogP contribution in [-0.4, -0.2) is 7.11 Å². The lowest BCUT2D eigenvalue weighted by atomic mass is 10.00. The highest BCUT2D eigenvalue weighted by atomic mass is 16.5. The molecule has 3 rings (SSSR count). The van der Waals surface area contributed by atoms with E-state index in [0.29, 0.717) is 5.75 Å². The maximum absolute atomic E-state index is 5.26. The van der Waals surface area contributed by atoms with Crippen LogP contribution < -0.4 is 4.74 Å². The van der Waals surface area contributed by atoms with Crippen molar-refractivity contribution in [1.82, 2.24) is 0 Å². The fraction of sp³-hybridized carbons (Fsp3) is 0.0667. The Morgan fingerprint density at radius 2 is 1.88 bits per heavy atom. The Hall–Kier alpha value is -2.22. The number of benzene rings is 2. The molecule has 0 saturated carbocycles.